The third-order valence-electron chi connectivity index (χ3n) is 6.45. The molecule has 8 heteroatoms. The molecule has 3 heterocycles. The van der Waals surface area contributed by atoms with Crippen molar-refractivity contribution in [3.05, 3.63) is 69.6 Å². The predicted octanol–water partition coefficient (Wildman–Crippen LogP) is 3.82. The lowest BCUT2D eigenvalue weighted by atomic mass is 9.98. The minimum absolute atomic E-state index is 0.104. The number of methoxy groups -OCH3 is 1. The normalized spacial score (nSPS) is 16.7. The van der Waals surface area contributed by atoms with Crippen molar-refractivity contribution in [1.82, 2.24) is 20.0 Å². The molecule has 1 aliphatic heterocycles. The molecule has 0 saturated carbocycles. The molecule has 1 fully saturated rings. The van der Waals surface area contributed by atoms with E-state index in [1.54, 1.807) is 13.3 Å². The van der Waals surface area contributed by atoms with Crippen molar-refractivity contribution in [2.75, 3.05) is 13.7 Å². The number of nitrogens with zero attached hydrogens (tertiary/aromatic N) is 4. The number of benzene rings is 1. The van der Waals surface area contributed by atoms with Crippen LogP contribution in [0, 0.1) is 20.8 Å². The summed E-state index contributed by atoms with van der Waals surface area (Å²) in [5, 5.41) is 4.08. The van der Waals surface area contributed by atoms with Crippen LogP contribution in [0.3, 0.4) is 0 Å². The lowest BCUT2D eigenvalue weighted by Crippen LogP contribution is -2.34. The van der Waals surface area contributed by atoms with E-state index in [1.807, 2.05) is 26.8 Å². The van der Waals surface area contributed by atoms with Crippen molar-refractivity contribution in [3.8, 4) is 5.75 Å². The number of primary amides is 1. The van der Waals surface area contributed by atoms with Gasteiger partial charge in [-0.25, -0.2) is 9.97 Å². The molecule has 0 spiro atoms. The van der Waals surface area contributed by atoms with Gasteiger partial charge in [0.2, 0.25) is 0 Å². The second-order valence-corrected chi connectivity index (χ2v) is 8.70. The van der Waals surface area contributed by atoms with Crippen LogP contribution < -0.4 is 10.5 Å². The van der Waals surface area contributed by atoms with Gasteiger partial charge in [0.05, 0.1) is 30.1 Å². The number of rotatable bonds is 7. The van der Waals surface area contributed by atoms with Gasteiger partial charge in [0.25, 0.3) is 5.91 Å². The van der Waals surface area contributed by atoms with E-state index in [9.17, 15) is 4.79 Å². The molecule has 4 rings (SSSR count). The standard InChI is InChI=1S/C25H31N5O3/c1-15-21(24(26)31)13-27-25(28-15)22-7-5-6-10-30(22)14-18-8-9-23(32-4)19(11-18)12-20-16(2)29-33-17(20)3/h8-9,11,13,22H,5-7,10,12,14H2,1-4H3,(H2,26,31)/t22-/m1/s1. The van der Waals surface area contributed by atoms with Crippen LogP contribution >= 0.6 is 0 Å². The first kappa shape index (κ1) is 22.9. The minimum Gasteiger partial charge on any atom is -0.496 e. The first-order valence-electron chi connectivity index (χ1n) is 11.3. The zero-order chi connectivity index (χ0) is 23.5. The highest BCUT2D eigenvalue weighted by Crippen LogP contribution is 2.32. The average Bonchev–Trinajstić information content (AvgIpc) is 3.11. The highest BCUT2D eigenvalue weighted by Gasteiger charge is 2.27. The summed E-state index contributed by atoms with van der Waals surface area (Å²) in [6.07, 6.45) is 5.51. The fourth-order valence-corrected chi connectivity index (χ4v) is 4.61. The monoisotopic (exact) mass is 449 g/mol. The number of likely N-dealkylation sites (tertiary alicyclic amines) is 1. The van der Waals surface area contributed by atoms with Crippen LogP contribution in [0.15, 0.2) is 28.9 Å². The zero-order valence-corrected chi connectivity index (χ0v) is 19.7. The number of piperidine rings is 1. The molecular weight excluding hydrogens is 418 g/mol. The zero-order valence-electron chi connectivity index (χ0n) is 19.7. The maximum Gasteiger partial charge on any atom is 0.252 e. The summed E-state index contributed by atoms with van der Waals surface area (Å²) in [7, 11) is 1.70. The van der Waals surface area contributed by atoms with Crippen LogP contribution in [-0.4, -0.2) is 39.6 Å². The van der Waals surface area contributed by atoms with Crippen molar-refractivity contribution >= 4 is 5.91 Å². The van der Waals surface area contributed by atoms with E-state index in [1.165, 1.54) is 5.56 Å². The Morgan fingerprint density at radius 1 is 1.24 bits per heavy atom. The van der Waals surface area contributed by atoms with E-state index < -0.39 is 5.91 Å². The molecular formula is C25H31N5O3. The fourth-order valence-electron chi connectivity index (χ4n) is 4.61. The molecule has 174 valence electrons. The van der Waals surface area contributed by atoms with Gasteiger partial charge in [-0.05, 0) is 57.4 Å². The summed E-state index contributed by atoms with van der Waals surface area (Å²) in [5.74, 6) is 1.95. The molecule has 1 atom stereocenters. The van der Waals surface area contributed by atoms with Gasteiger partial charge in [0.15, 0.2) is 0 Å². The van der Waals surface area contributed by atoms with Gasteiger partial charge in [-0.1, -0.05) is 23.7 Å². The molecule has 0 aliphatic carbocycles. The number of hydrogen-bond donors (Lipinski definition) is 1. The highest BCUT2D eigenvalue weighted by atomic mass is 16.5. The third kappa shape index (κ3) is 4.90. The smallest absolute Gasteiger partial charge is 0.252 e. The molecule has 33 heavy (non-hydrogen) atoms. The van der Waals surface area contributed by atoms with Crippen molar-refractivity contribution in [1.29, 1.82) is 0 Å². The number of ether oxygens (including phenoxy) is 1. The molecule has 3 aromatic rings. The molecule has 8 nitrogen and oxygen atoms in total. The SMILES string of the molecule is COc1ccc(CN2CCCC[C@@H]2c2ncc(C(N)=O)c(C)n2)cc1Cc1c(C)noc1C. The second-order valence-electron chi connectivity index (χ2n) is 8.70. The van der Waals surface area contributed by atoms with Crippen LogP contribution in [0.1, 0.15) is 75.3 Å². The summed E-state index contributed by atoms with van der Waals surface area (Å²) in [6.45, 7) is 7.46. The maximum absolute atomic E-state index is 11.6. The van der Waals surface area contributed by atoms with Gasteiger partial charge < -0.3 is 15.0 Å². The second kappa shape index (κ2) is 9.70. The van der Waals surface area contributed by atoms with Crippen LogP contribution in [-0.2, 0) is 13.0 Å². The molecule has 1 amide bonds. The van der Waals surface area contributed by atoms with Crippen LogP contribution in [0.5, 0.6) is 5.75 Å². The molecule has 1 aliphatic rings. The van der Waals surface area contributed by atoms with Gasteiger partial charge in [-0.2, -0.15) is 0 Å². The Hall–Kier alpha value is -3.26. The lowest BCUT2D eigenvalue weighted by Gasteiger charge is -2.35. The van der Waals surface area contributed by atoms with Gasteiger partial charge in [-0.3, -0.25) is 9.69 Å². The van der Waals surface area contributed by atoms with Crippen molar-refractivity contribution in [2.45, 2.75) is 59.0 Å². The van der Waals surface area contributed by atoms with Crippen molar-refractivity contribution in [2.24, 2.45) is 5.73 Å². The molecule has 0 bridgehead atoms. The quantitative estimate of drug-likeness (QED) is 0.584. The first-order valence-corrected chi connectivity index (χ1v) is 11.3. The van der Waals surface area contributed by atoms with Crippen molar-refractivity contribution in [3.63, 3.8) is 0 Å². The Kier molecular flexibility index (Phi) is 6.74. The molecule has 2 aromatic heterocycles. The van der Waals surface area contributed by atoms with Crippen molar-refractivity contribution < 1.29 is 14.1 Å². The number of nitrogens with two attached hydrogens (primary N) is 1. The number of aryl methyl sites for hydroxylation is 3. The number of amides is 1. The van der Waals surface area contributed by atoms with Crippen LogP contribution in [0.2, 0.25) is 0 Å². The number of carbonyl (C=O) groups excluding carboxylic acids is 1. The molecule has 0 unspecified atom stereocenters. The molecule has 1 aromatic carbocycles. The largest absolute Gasteiger partial charge is 0.496 e. The maximum atomic E-state index is 11.6. The molecule has 0 radical (unpaired) electrons. The Balaban J connectivity index is 1.59. The van der Waals surface area contributed by atoms with Crippen LogP contribution in [0.4, 0.5) is 0 Å². The summed E-state index contributed by atoms with van der Waals surface area (Å²) < 4.78 is 11.0. The number of hydrogen-bond acceptors (Lipinski definition) is 7. The Morgan fingerprint density at radius 3 is 2.73 bits per heavy atom. The van der Waals surface area contributed by atoms with E-state index in [0.29, 0.717) is 17.7 Å². The topological polar surface area (TPSA) is 107 Å². The first-order chi connectivity index (χ1) is 15.9. The molecule has 2 N–H and O–H groups in total. The summed E-state index contributed by atoms with van der Waals surface area (Å²) in [6, 6.07) is 6.46. The van der Waals surface area contributed by atoms with Crippen LogP contribution in [0.25, 0.3) is 0 Å². The number of aromatic nitrogens is 3. The van der Waals surface area contributed by atoms with Gasteiger partial charge in [0, 0.05) is 24.7 Å². The fraction of sp³-hybridized carbons (Fsp3) is 0.440. The van der Waals surface area contributed by atoms with E-state index in [4.69, 9.17) is 15.0 Å². The Bertz CT molecular complexity index is 1140. The van der Waals surface area contributed by atoms with E-state index in [-0.39, 0.29) is 6.04 Å². The van der Waals surface area contributed by atoms with Gasteiger partial charge in [0.1, 0.15) is 17.3 Å². The van der Waals surface area contributed by atoms with Gasteiger partial charge in [-0.15, -0.1) is 0 Å². The van der Waals surface area contributed by atoms with Gasteiger partial charge >= 0.3 is 0 Å². The van der Waals surface area contributed by atoms with E-state index >= 15 is 0 Å². The summed E-state index contributed by atoms with van der Waals surface area (Å²) >= 11 is 0. The average molecular weight is 450 g/mol. The summed E-state index contributed by atoms with van der Waals surface area (Å²) in [5.41, 5.74) is 10.7. The Labute approximate surface area is 194 Å². The lowest BCUT2D eigenvalue weighted by molar-refractivity contribution is 0.0998. The Morgan fingerprint density at radius 2 is 2.06 bits per heavy atom. The minimum atomic E-state index is -0.497. The highest BCUT2D eigenvalue weighted by molar-refractivity contribution is 5.93. The van der Waals surface area contributed by atoms with E-state index in [0.717, 1.165) is 66.5 Å². The summed E-state index contributed by atoms with van der Waals surface area (Å²) in [4.78, 5) is 23.1. The number of carbonyl (C=O) groups is 1. The third-order valence-corrected chi connectivity index (χ3v) is 6.45. The van der Waals surface area contributed by atoms with E-state index in [2.05, 4.69) is 32.2 Å². The molecule has 1 saturated heterocycles. The predicted molar refractivity (Wildman–Crippen MR) is 124 cm³/mol.